The molecule has 0 saturated heterocycles. The summed E-state index contributed by atoms with van der Waals surface area (Å²) in [6.45, 7) is 4.11. The van der Waals surface area contributed by atoms with Crippen LogP contribution < -0.4 is 0 Å². The molecule has 0 unspecified atom stereocenters. The number of carbonyl (C=O) groups is 1. The number of esters is 1. The van der Waals surface area contributed by atoms with E-state index in [4.69, 9.17) is 4.74 Å². The van der Waals surface area contributed by atoms with Crippen molar-refractivity contribution in [1.82, 2.24) is 15.0 Å². The van der Waals surface area contributed by atoms with E-state index in [1.807, 2.05) is 37.3 Å². The first kappa shape index (κ1) is 14.0. The van der Waals surface area contributed by atoms with Gasteiger partial charge in [0.15, 0.2) is 0 Å². The number of aromatic nitrogens is 3. The second-order valence-electron chi connectivity index (χ2n) is 3.98. The van der Waals surface area contributed by atoms with Gasteiger partial charge in [0.05, 0.1) is 12.6 Å². The van der Waals surface area contributed by atoms with Gasteiger partial charge in [-0.3, -0.25) is 0 Å². The molecule has 0 aliphatic rings. The van der Waals surface area contributed by atoms with Crippen LogP contribution in [0.25, 0.3) is 0 Å². The molecule has 0 aliphatic heterocycles. The second-order valence-corrected chi connectivity index (χ2v) is 5.00. The lowest BCUT2D eigenvalue weighted by molar-refractivity contribution is 0.0518. The monoisotopic (exact) mass is 371 g/mol. The predicted octanol–water partition coefficient (Wildman–Crippen LogP) is 2.67. The highest BCUT2D eigenvalue weighted by Crippen LogP contribution is 2.21. The molecule has 100 valence electrons. The summed E-state index contributed by atoms with van der Waals surface area (Å²) >= 11 is 2.07. The number of benzene rings is 1. The maximum atomic E-state index is 11.7. The molecule has 19 heavy (non-hydrogen) atoms. The average Bonchev–Trinajstić information content (AvgIpc) is 2.81. The van der Waals surface area contributed by atoms with E-state index < -0.39 is 5.97 Å². The van der Waals surface area contributed by atoms with Crippen molar-refractivity contribution in [1.29, 1.82) is 0 Å². The molecule has 0 bridgehead atoms. The van der Waals surface area contributed by atoms with Crippen molar-refractivity contribution in [3.63, 3.8) is 0 Å². The minimum atomic E-state index is -0.432. The minimum absolute atomic E-state index is 0.0174. The van der Waals surface area contributed by atoms with Gasteiger partial charge in [0.2, 0.25) is 5.69 Å². The van der Waals surface area contributed by atoms with Gasteiger partial charge in [-0.1, -0.05) is 35.5 Å². The first-order valence-corrected chi connectivity index (χ1v) is 7.05. The first-order chi connectivity index (χ1) is 9.15. The fraction of sp³-hybridized carbons (Fsp3) is 0.308. The zero-order valence-corrected chi connectivity index (χ0v) is 12.9. The Morgan fingerprint density at radius 3 is 2.74 bits per heavy atom. The zero-order chi connectivity index (χ0) is 13.8. The van der Waals surface area contributed by atoms with Gasteiger partial charge in [-0.05, 0) is 42.0 Å². The van der Waals surface area contributed by atoms with Crippen molar-refractivity contribution in [3.8, 4) is 0 Å². The summed E-state index contributed by atoms with van der Waals surface area (Å²) in [6, 6.07) is 9.97. The van der Waals surface area contributed by atoms with Crippen LogP contribution >= 0.6 is 22.6 Å². The van der Waals surface area contributed by atoms with Crippen LogP contribution in [-0.4, -0.2) is 27.6 Å². The smallest absolute Gasteiger partial charge is 0.361 e. The summed E-state index contributed by atoms with van der Waals surface area (Å²) in [6.07, 6.45) is 0. The molecule has 0 radical (unpaired) electrons. The lowest BCUT2D eigenvalue weighted by atomic mass is 10.1. The van der Waals surface area contributed by atoms with Crippen LogP contribution in [0, 0.1) is 3.70 Å². The van der Waals surface area contributed by atoms with Crippen molar-refractivity contribution in [2.24, 2.45) is 0 Å². The summed E-state index contributed by atoms with van der Waals surface area (Å²) < 4.78 is 7.36. The number of carbonyl (C=O) groups excluding carboxylic acids is 1. The number of hydrogen-bond donors (Lipinski definition) is 0. The summed E-state index contributed by atoms with van der Waals surface area (Å²) in [5.41, 5.74) is 1.38. The van der Waals surface area contributed by atoms with Gasteiger partial charge in [0, 0.05) is 0 Å². The normalized spacial score (nSPS) is 12.2. The molecule has 0 amide bonds. The topological polar surface area (TPSA) is 57.0 Å². The number of rotatable bonds is 4. The van der Waals surface area contributed by atoms with Crippen molar-refractivity contribution >= 4 is 28.6 Å². The Hall–Kier alpha value is -1.44. The lowest BCUT2D eigenvalue weighted by Crippen LogP contribution is -2.12. The highest BCUT2D eigenvalue weighted by atomic mass is 127. The number of halogens is 1. The average molecular weight is 371 g/mol. The Morgan fingerprint density at radius 2 is 2.11 bits per heavy atom. The quantitative estimate of drug-likeness (QED) is 0.613. The molecule has 2 rings (SSSR count). The Balaban J connectivity index is 2.29. The third-order valence-corrected chi connectivity index (χ3v) is 3.76. The SMILES string of the molecule is CCOC(=O)c1nnn([C@H](C)c2ccccc2)c1I. The molecule has 1 heterocycles. The van der Waals surface area contributed by atoms with Crippen LogP contribution in [0.4, 0.5) is 0 Å². The molecule has 6 heteroatoms. The summed E-state index contributed by atoms with van der Waals surface area (Å²) in [4.78, 5) is 11.7. The standard InChI is InChI=1S/C13H14IN3O2/c1-3-19-13(18)11-12(14)17(16-15-11)9(2)10-7-5-4-6-8-10/h4-9H,3H2,1-2H3/t9-/m1/s1. The lowest BCUT2D eigenvalue weighted by Gasteiger charge is -2.12. The van der Waals surface area contributed by atoms with Gasteiger partial charge >= 0.3 is 5.97 Å². The van der Waals surface area contributed by atoms with Gasteiger partial charge in [-0.25, -0.2) is 9.48 Å². The van der Waals surface area contributed by atoms with E-state index >= 15 is 0 Å². The zero-order valence-electron chi connectivity index (χ0n) is 10.7. The molecule has 2 aromatic rings. The Kier molecular flexibility index (Phi) is 4.52. The Morgan fingerprint density at radius 1 is 1.42 bits per heavy atom. The van der Waals surface area contributed by atoms with Crippen LogP contribution in [0.3, 0.4) is 0 Å². The van der Waals surface area contributed by atoms with Crippen LogP contribution in [0.1, 0.15) is 35.9 Å². The van der Waals surface area contributed by atoms with Crippen molar-refractivity contribution in [2.45, 2.75) is 19.9 Å². The van der Waals surface area contributed by atoms with Crippen LogP contribution in [-0.2, 0) is 4.74 Å². The number of ether oxygens (including phenoxy) is 1. The first-order valence-electron chi connectivity index (χ1n) is 5.98. The van der Waals surface area contributed by atoms with E-state index in [2.05, 4.69) is 32.9 Å². The van der Waals surface area contributed by atoms with Gasteiger partial charge in [0.25, 0.3) is 0 Å². The maximum Gasteiger partial charge on any atom is 0.361 e. The largest absolute Gasteiger partial charge is 0.461 e. The minimum Gasteiger partial charge on any atom is -0.461 e. The highest BCUT2D eigenvalue weighted by molar-refractivity contribution is 14.1. The molecule has 0 N–H and O–H groups in total. The highest BCUT2D eigenvalue weighted by Gasteiger charge is 2.21. The van der Waals surface area contributed by atoms with Gasteiger partial charge in [-0.15, -0.1) is 5.10 Å². The van der Waals surface area contributed by atoms with Crippen molar-refractivity contribution in [2.75, 3.05) is 6.61 Å². The van der Waals surface area contributed by atoms with Crippen molar-refractivity contribution in [3.05, 3.63) is 45.3 Å². The van der Waals surface area contributed by atoms with E-state index in [1.165, 1.54) is 0 Å². The van der Waals surface area contributed by atoms with E-state index in [0.29, 0.717) is 10.3 Å². The molecule has 0 saturated carbocycles. The van der Waals surface area contributed by atoms with Crippen LogP contribution in [0.2, 0.25) is 0 Å². The summed E-state index contributed by atoms with van der Waals surface area (Å²) in [5, 5.41) is 7.97. The Labute approximate surface area is 125 Å². The van der Waals surface area contributed by atoms with E-state index in [-0.39, 0.29) is 11.7 Å². The third kappa shape index (κ3) is 2.94. The van der Waals surface area contributed by atoms with Crippen molar-refractivity contribution < 1.29 is 9.53 Å². The van der Waals surface area contributed by atoms with E-state index in [9.17, 15) is 4.79 Å². The molecule has 0 aliphatic carbocycles. The predicted molar refractivity (Wildman–Crippen MR) is 79.0 cm³/mol. The maximum absolute atomic E-state index is 11.7. The fourth-order valence-corrected chi connectivity index (χ4v) is 2.57. The van der Waals surface area contributed by atoms with Gasteiger partial charge in [0.1, 0.15) is 3.70 Å². The van der Waals surface area contributed by atoms with E-state index in [0.717, 1.165) is 5.56 Å². The molecular weight excluding hydrogens is 357 g/mol. The number of nitrogens with zero attached hydrogens (tertiary/aromatic N) is 3. The van der Waals surface area contributed by atoms with Crippen LogP contribution in [0.5, 0.6) is 0 Å². The van der Waals surface area contributed by atoms with Gasteiger partial charge < -0.3 is 4.74 Å². The van der Waals surface area contributed by atoms with E-state index in [1.54, 1.807) is 11.6 Å². The molecule has 1 aromatic heterocycles. The molecule has 5 nitrogen and oxygen atoms in total. The molecule has 1 atom stereocenters. The molecule has 1 aromatic carbocycles. The Bertz CT molecular complexity index is 569. The summed E-state index contributed by atoms with van der Waals surface area (Å²) in [7, 11) is 0. The molecular formula is C13H14IN3O2. The molecule has 0 fully saturated rings. The van der Waals surface area contributed by atoms with Gasteiger partial charge in [-0.2, -0.15) is 0 Å². The fourth-order valence-electron chi connectivity index (χ4n) is 1.73. The second kappa shape index (κ2) is 6.14. The molecule has 0 spiro atoms. The number of hydrogen-bond acceptors (Lipinski definition) is 4. The summed E-state index contributed by atoms with van der Waals surface area (Å²) in [5.74, 6) is -0.432. The third-order valence-electron chi connectivity index (χ3n) is 2.76. The van der Waals surface area contributed by atoms with Crippen LogP contribution in [0.15, 0.2) is 30.3 Å².